The highest BCUT2D eigenvalue weighted by atomic mass is 19.1. The smallest absolute Gasteiger partial charge is 0.326 e. The number of benzene rings is 1. The largest absolute Gasteiger partial charge is 0.480 e. The number of carboxylic acids is 1. The Morgan fingerprint density at radius 1 is 1.21 bits per heavy atom. The van der Waals surface area contributed by atoms with E-state index in [0.717, 1.165) is 4.90 Å². The van der Waals surface area contributed by atoms with Crippen molar-refractivity contribution in [3.63, 3.8) is 0 Å². The van der Waals surface area contributed by atoms with Gasteiger partial charge in [0, 0.05) is 18.7 Å². The molecule has 1 aliphatic rings. The van der Waals surface area contributed by atoms with Gasteiger partial charge in [-0.3, -0.25) is 4.79 Å². The molecular formula is C12H10F3NO3. The Balaban J connectivity index is 2.37. The molecule has 102 valence electrons. The molecule has 19 heavy (non-hydrogen) atoms. The van der Waals surface area contributed by atoms with Crippen LogP contribution in [0.15, 0.2) is 12.1 Å². The number of carbonyl (C=O) groups is 2. The molecule has 2 rings (SSSR count). The highest BCUT2D eigenvalue weighted by Gasteiger charge is 2.36. The van der Waals surface area contributed by atoms with E-state index in [1.54, 1.807) is 0 Å². The number of carbonyl (C=O) groups excluding carboxylic acids is 1. The molecule has 0 radical (unpaired) electrons. The fourth-order valence-corrected chi connectivity index (χ4v) is 2.16. The van der Waals surface area contributed by atoms with Gasteiger partial charge in [-0.2, -0.15) is 0 Å². The van der Waals surface area contributed by atoms with Crippen molar-refractivity contribution >= 4 is 11.9 Å². The fourth-order valence-electron chi connectivity index (χ4n) is 2.16. The third kappa shape index (κ3) is 2.40. The van der Waals surface area contributed by atoms with E-state index in [1.165, 1.54) is 0 Å². The van der Waals surface area contributed by atoms with Gasteiger partial charge < -0.3 is 10.0 Å². The molecule has 7 heteroatoms. The van der Waals surface area contributed by atoms with E-state index < -0.39 is 40.9 Å². The van der Waals surface area contributed by atoms with Crippen LogP contribution in [-0.4, -0.2) is 34.5 Å². The van der Waals surface area contributed by atoms with Gasteiger partial charge in [-0.1, -0.05) is 0 Å². The molecule has 1 atom stereocenters. The van der Waals surface area contributed by atoms with Gasteiger partial charge in [0.2, 0.25) is 0 Å². The third-order valence-corrected chi connectivity index (χ3v) is 3.02. The second-order valence-electron chi connectivity index (χ2n) is 4.24. The number of likely N-dealkylation sites (tertiary alicyclic amines) is 1. The van der Waals surface area contributed by atoms with Crippen LogP contribution in [0, 0.1) is 17.5 Å². The van der Waals surface area contributed by atoms with Crippen molar-refractivity contribution in [2.24, 2.45) is 0 Å². The zero-order valence-electron chi connectivity index (χ0n) is 9.70. The van der Waals surface area contributed by atoms with Gasteiger partial charge >= 0.3 is 5.97 Å². The predicted octanol–water partition coefficient (Wildman–Crippen LogP) is 1.79. The minimum absolute atomic E-state index is 0.103. The Bertz CT molecular complexity index is 524. The Labute approximate surface area is 106 Å². The molecule has 1 amide bonds. The fraction of sp³-hybridized carbons (Fsp3) is 0.333. The Morgan fingerprint density at radius 3 is 2.32 bits per heavy atom. The van der Waals surface area contributed by atoms with Gasteiger partial charge in [-0.05, 0) is 12.8 Å². The molecule has 0 spiro atoms. The number of rotatable bonds is 2. The number of halogens is 3. The van der Waals surface area contributed by atoms with Gasteiger partial charge in [-0.15, -0.1) is 0 Å². The maximum atomic E-state index is 13.5. The lowest BCUT2D eigenvalue weighted by Gasteiger charge is -2.21. The van der Waals surface area contributed by atoms with E-state index in [4.69, 9.17) is 5.11 Å². The number of nitrogens with zero attached hydrogens (tertiary/aromatic N) is 1. The van der Waals surface area contributed by atoms with E-state index in [-0.39, 0.29) is 13.0 Å². The van der Waals surface area contributed by atoms with Gasteiger partial charge in [0.1, 0.15) is 29.1 Å². The summed E-state index contributed by atoms with van der Waals surface area (Å²) < 4.78 is 39.7. The van der Waals surface area contributed by atoms with Gasteiger partial charge in [0.05, 0.1) is 0 Å². The first kappa shape index (κ1) is 13.4. The van der Waals surface area contributed by atoms with E-state index in [1.807, 2.05) is 0 Å². The molecule has 1 heterocycles. The molecule has 1 fully saturated rings. The summed E-state index contributed by atoms with van der Waals surface area (Å²) in [6.07, 6.45) is 0.665. The average molecular weight is 273 g/mol. The van der Waals surface area contributed by atoms with E-state index in [0.29, 0.717) is 18.6 Å². The van der Waals surface area contributed by atoms with Crippen molar-refractivity contribution in [2.75, 3.05) is 6.54 Å². The summed E-state index contributed by atoms with van der Waals surface area (Å²) >= 11 is 0. The molecule has 1 aliphatic heterocycles. The summed E-state index contributed by atoms with van der Waals surface area (Å²) in [5.41, 5.74) is -0.922. The standard InChI is InChI=1S/C12H10F3NO3/c13-6-4-7(14)10(8(15)5-6)11(17)16-3-1-2-9(16)12(18)19/h4-5,9H,1-3H2,(H,18,19). The number of aliphatic carboxylic acids is 1. The minimum atomic E-state index is -1.33. The second-order valence-corrected chi connectivity index (χ2v) is 4.24. The van der Waals surface area contributed by atoms with Crippen molar-refractivity contribution in [1.29, 1.82) is 0 Å². The zero-order chi connectivity index (χ0) is 14.2. The molecule has 0 aliphatic carbocycles. The van der Waals surface area contributed by atoms with Crippen molar-refractivity contribution in [1.82, 2.24) is 4.90 Å². The molecular weight excluding hydrogens is 263 g/mol. The van der Waals surface area contributed by atoms with Crippen LogP contribution in [0.5, 0.6) is 0 Å². The predicted molar refractivity (Wildman–Crippen MR) is 58.0 cm³/mol. The summed E-state index contributed by atoms with van der Waals surface area (Å²) in [6, 6.07) is -0.319. The minimum Gasteiger partial charge on any atom is -0.480 e. The lowest BCUT2D eigenvalue weighted by Crippen LogP contribution is -2.41. The van der Waals surface area contributed by atoms with Crippen LogP contribution in [0.3, 0.4) is 0 Å². The first-order valence-corrected chi connectivity index (χ1v) is 5.60. The summed E-state index contributed by atoms with van der Waals surface area (Å²) in [6.45, 7) is 0.103. The van der Waals surface area contributed by atoms with Crippen LogP contribution in [0.1, 0.15) is 23.2 Å². The van der Waals surface area contributed by atoms with Crippen LogP contribution in [0.25, 0.3) is 0 Å². The molecule has 1 aromatic carbocycles. The van der Waals surface area contributed by atoms with Crippen LogP contribution < -0.4 is 0 Å². The molecule has 0 bridgehead atoms. The number of amides is 1. The number of hydrogen-bond donors (Lipinski definition) is 1. The van der Waals surface area contributed by atoms with Crippen LogP contribution >= 0.6 is 0 Å². The van der Waals surface area contributed by atoms with E-state index >= 15 is 0 Å². The SMILES string of the molecule is O=C(O)C1CCCN1C(=O)c1c(F)cc(F)cc1F. The maximum Gasteiger partial charge on any atom is 0.326 e. The highest BCUT2D eigenvalue weighted by Crippen LogP contribution is 2.23. The zero-order valence-corrected chi connectivity index (χ0v) is 9.70. The van der Waals surface area contributed by atoms with Crippen molar-refractivity contribution in [3.8, 4) is 0 Å². The number of carboxylic acid groups (broad SMARTS) is 1. The molecule has 1 saturated heterocycles. The molecule has 4 nitrogen and oxygen atoms in total. The van der Waals surface area contributed by atoms with Gasteiger partial charge in [-0.25, -0.2) is 18.0 Å². The Morgan fingerprint density at radius 2 is 1.79 bits per heavy atom. The first-order valence-electron chi connectivity index (χ1n) is 5.60. The highest BCUT2D eigenvalue weighted by molar-refractivity contribution is 5.97. The molecule has 0 aromatic heterocycles. The van der Waals surface area contributed by atoms with Crippen LogP contribution in [0.2, 0.25) is 0 Å². The quantitative estimate of drug-likeness (QED) is 0.893. The molecule has 1 N–H and O–H groups in total. The monoisotopic (exact) mass is 273 g/mol. The van der Waals surface area contributed by atoms with Crippen LogP contribution in [-0.2, 0) is 4.79 Å². The first-order chi connectivity index (χ1) is 8.91. The van der Waals surface area contributed by atoms with Gasteiger partial charge in [0.25, 0.3) is 5.91 Å². The van der Waals surface area contributed by atoms with Crippen LogP contribution in [0.4, 0.5) is 13.2 Å². The lowest BCUT2D eigenvalue weighted by atomic mass is 10.1. The third-order valence-electron chi connectivity index (χ3n) is 3.02. The molecule has 0 saturated carbocycles. The van der Waals surface area contributed by atoms with E-state index in [2.05, 4.69) is 0 Å². The van der Waals surface area contributed by atoms with Crippen molar-refractivity contribution < 1.29 is 27.9 Å². The maximum absolute atomic E-state index is 13.5. The van der Waals surface area contributed by atoms with Crippen molar-refractivity contribution in [2.45, 2.75) is 18.9 Å². The second kappa shape index (κ2) is 4.91. The summed E-state index contributed by atoms with van der Waals surface area (Å²) in [5, 5.41) is 8.92. The summed E-state index contributed by atoms with van der Waals surface area (Å²) in [5.74, 6) is -6.10. The summed E-state index contributed by atoms with van der Waals surface area (Å²) in [7, 11) is 0. The average Bonchev–Trinajstić information content (AvgIpc) is 2.75. The lowest BCUT2D eigenvalue weighted by molar-refractivity contribution is -0.141. The summed E-state index contributed by atoms with van der Waals surface area (Å²) in [4.78, 5) is 23.8. The normalized spacial score (nSPS) is 18.7. The number of hydrogen-bond acceptors (Lipinski definition) is 2. The molecule has 1 aromatic rings. The molecule has 1 unspecified atom stereocenters. The van der Waals surface area contributed by atoms with Crippen molar-refractivity contribution in [3.05, 3.63) is 35.1 Å². The van der Waals surface area contributed by atoms with E-state index in [9.17, 15) is 22.8 Å². The Hall–Kier alpha value is -2.05. The Kier molecular flexibility index (Phi) is 3.46. The van der Waals surface area contributed by atoms with Gasteiger partial charge in [0.15, 0.2) is 0 Å². The topological polar surface area (TPSA) is 57.6 Å².